The fourth-order valence-electron chi connectivity index (χ4n) is 4.54. The molecule has 2 nitrogen and oxygen atoms in total. The number of hydrogen-bond donors (Lipinski definition) is 0. The van der Waals surface area contributed by atoms with Crippen molar-refractivity contribution in [3.05, 3.63) is 0 Å². The van der Waals surface area contributed by atoms with E-state index in [2.05, 4.69) is 13.8 Å². The Hall–Kier alpha value is -0.0200. The first-order valence-corrected chi connectivity index (χ1v) is 10.0. The molecule has 120 valence electrons. The smallest absolute Gasteiger partial charge is 0.139 e. The quantitative estimate of drug-likeness (QED) is 0.776. The van der Waals surface area contributed by atoms with Gasteiger partial charge >= 0.3 is 0 Å². The van der Waals surface area contributed by atoms with Crippen LogP contribution in [0.15, 0.2) is 0 Å². The molecule has 3 fully saturated rings. The Labute approximate surface area is 133 Å². The van der Waals surface area contributed by atoms with Crippen molar-refractivity contribution in [2.24, 2.45) is 23.7 Å². The molecule has 0 aromatic heterocycles. The summed E-state index contributed by atoms with van der Waals surface area (Å²) in [5.74, 6) is 5.17. The Morgan fingerprint density at radius 1 is 1.14 bits per heavy atom. The van der Waals surface area contributed by atoms with Crippen LogP contribution >= 0.6 is 11.8 Å². The molecule has 0 amide bonds. The molecule has 2 aliphatic heterocycles. The zero-order chi connectivity index (χ0) is 14.9. The molecule has 3 aliphatic rings. The molecule has 3 heteroatoms. The third-order valence-corrected chi connectivity index (χ3v) is 7.30. The molecular weight excluding hydrogens is 280 g/mol. The molecule has 3 rings (SSSR count). The summed E-state index contributed by atoms with van der Waals surface area (Å²) in [6.07, 6.45) is 7.93. The Morgan fingerprint density at radius 3 is 2.52 bits per heavy atom. The van der Waals surface area contributed by atoms with Gasteiger partial charge in [0, 0.05) is 24.2 Å². The van der Waals surface area contributed by atoms with Crippen molar-refractivity contribution >= 4 is 17.5 Å². The number of carbonyl (C=O) groups excluding carboxylic acids is 1. The van der Waals surface area contributed by atoms with Gasteiger partial charge in [0.1, 0.15) is 5.78 Å². The molecule has 1 aliphatic carbocycles. The second-order valence-electron chi connectivity index (χ2n) is 7.78. The largest absolute Gasteiger partial charge is 0.374 e. The maximum Gasteiger partial charge on any atom is 0.139 e. The van der Waals surface area contributed by atoms with E-state index in [1.807, 2.05) is 11.8 Å². The third-order valence-electron chi connectivity index (χ3n) is 6.08. The topological polar surface area (TPSA) is 26.3 Å². The second kappa shape index (κ2) is 6.62. The number of Topliss-reactive ketones (excluding diaryl/α,β-unsaturated/α-hetero) is 1. The van der Waals surface area contributed by atoms with Crippen molar-refractivity contribution in [1.82, 2.24) is 0 Å². The number of ether oxygens (including phenoxy) is 1. The SMILES string of the molecule is CC(C)C1CCC(C(=O)C2CCOC3(CCSC3)C2)CC1. The summed E-state index contributed by atoms with van der Waals surface area (Å²) in [4.78, 5) is 12.9. The van der Waals surface area contributed by atoms with Crippen molar-refractivity contribution in [3.8, 4) is 0 Å². The van der Waals surface area contributed by atoms with E-state index in [1.54, 1.807) is 0 Å². The average molecular weight is 311 g/mol. The zero-order valence-corrected chi connectivity index (χ0v) is 14.4. The molecule has 2 saturated heterocycles. The van der Waals surface area contributed by atoms with E-state index in [1.165, 1.54) is 18.6 Å². The molecule has 0 N–H and O–H groups in total. The number of ketones is 1. The molecule has 2 heterocycles. The van der Waals surface area contributed by atoms with Gasteiger partial charge in [0.15, 0.2) is 0 Å². The van der Waals surface area contributed by atoms with Crippen LogP contribution in [0.1, 0.15) is 58.8 Å². The van der Waals surface area contributed by atoms with Crippen LogP contribution in [0.3, 0.4) is 0 Å². The van der Waals surface area contributed by atoms with Crippen LogP contribution in [0, 0.1) is 23.7 Å². The van der Waals surface area contributed by atoms with Gasteiger partial charge < -0.3 is 4.74 Å². The summed E-state index contributed by atoms with van der Waals surface area (Å²) < 4.78 is 6.07. The summed E-state index contributed by atoms with van der Waals surface area (Å²) in [5.41, 5.74) is 0.0539. The van der Waals surface area contributed by atoms with E-state index >= 15 is 0 Å². The van der Waals surface area contributed by atoms with E-state index in [4.69, 9.17) is 4.74 Å². The number of carbonyl (C=O) groups is 1. The minimum absolute atomic E-state index is 0.0539. The lowest BCUT2D eigenvalue weighted by atomic mass is 9.71. The highest BCUT2D eigenvalue weighted by atomic mass is 32.2. The normalized spacial score (nSPS) is 40.8. The summed E-state index contributed by atoms with van der Waals surface area (Å²) in [5, 5.41) is 0. The van der Waals surface area contributed by atoms with Gasteiger partial charge in [-0.2, -0.15) is 11.8 Å². The van der Waals surface area contributed by atoms with Crippen molar-refractivity contribution in [3.63, 3.8) is 0 Å². The minimum atomic E-state index is 0.0539. The molecule has 0 aromatic carbocycles. The molecule has 0 aromatic rings. The number of thioether (sulfide) groups is 1. The minimum Gasteiger partial charge on any atom is -0.374 e. The standard InChI is InChI=1S/C18H30O2S/c1-13(2)14-3-5-15(6-4-14)17(19)16-7-9-20-18(11-16)8-10-21-12-18/h13-16H,3-12H2,1-2H3. The predicted octanol–water partition coefficient (Wildman–Crippen LogP) is 4.32. The van der Waals surface area contributed by atoms with Crippen LogP contribution < -0.4 is 0 Å². The highest BCUT2D eigenvalue weighted by molar-refractivity contribution is 7.99. The lowest BCUT2D eigenvalue weighted by molar-refractivity contribution is -0.139. The number of hydrogen-bond acceptors (Lipinski definition) is 3. The summed E-state index contributed by atoms with van der Waals surface area (Å²) in [6, 6.07) is 0. The zero-order valence-electron chi connectivity index (χ0n) is 13.6. The average Bonchev–Trinajstić information content (AvgIpc) is 2.94. The van der Waals surface area contributed by atoms with Gasteiger partial charge in [-0.05, 0) is 62.5 Å². The van der Waals surface area contributed by atoms with Gasteiger partial charge in [0.2, 0.25) is 0 Å². The van der Waals surface area contributed by atoms with Gasteiger partial charge in [-0.15, -0.1) is 0 Å². The first-order valence-electron chi connectivity index (χ1n) is 8.85. The second-order valence-corrected chi connectivity index (χ2v) is 8.89. The summed E-state index contributed by atoms with van der Waals surface area (Å²) >= 11 is 2.00. The monoisotopic (exact) mass is 310 g/mol. The van der Waals surface area contributed by atoms with Crippen molar-refractivity contribution in [1.29, 1.82) is 0 Å². The lowest BCUT2D eigenvalue weighted by Gasteiger charge is -2.39. The molecule has 1 spiro atoms. The molecule has 0 radical (unpaired) electrons. The fourth-order valence-corrected chi connectivity index (χ4v) is 5.92. The molecule has 0 bridgehead atoms. The van der Waals surface area contributed by atoms with E-state index in [9.17, 15) is 4.79 Å². The molecule has 2 unspecified atom stereocenters. The highest BCUT2D eigenvalue weighted by Gasteiger charge is 2.43. The predicted molar refractivity (Wildman–Crippen MR) is 88.6 cm³/mol. The maximum absolute atomic E-state index is 12.9. The Bertz CT molecular complexity index is 365. The van der Waals surface area contributed by atoms with Gasteiger partial charge in [-0.1, -0.05) is 13.8 Å². The van der Waals surface area contributed by atoms with Crippen LogP contribution in [-0.4, -0.2) is 29.5 Å². The van der Waals surface area contributed by atoms with Crippen molar-refractivity contribution < 1.29 is 9.53 Å². The molecule has 2 atom stereocenters. The molecule has 1 saturated carbocycles. The Morgan fingerprint density at radius 2 is 1.90 bits per heavy atom. The third kappa shape index (κ3) is 3.50. The highest BCUT2D eigenvalue weighted by Crippen LogP contribution is 2.43. The summed E-state index contributed by atoms with van der Waals surface area (Å²) in [6.45, 7) is 5.46. The summed E-state index contributed by atoms with van der Waals surface area (Å²) in [7, 11) is 0. The van der Waals surface area contributed by atoms with Crippen LogP contribution in [0.5, 0.6) is 0 Å². The van der Waals surface area contributed by atoms with E-state index in [0.717, 1.165) is 56.3 Å². The fraction of sp³-hybridized carbons (Fsp3) is 0.944. The Balaban J connectivity index is 1.55. The van der Waals surface area contributed by atoms with Crippen LogP contribution in [0.4, 0.5) is 0 Å². The van der Waals surface area contributed by atoms with E-state index in [-0.39, 0.29) is 11.5 Å². The van der Waals surface area contributed by atoms with E-state index in [0.29, 0.717) is 11.7 Å². The van der Waals surface area contributed by atoms with Crippen LogP contribution in [0.2, 0.25) is 0 Å². The van der Waals surface area contributed by atoms with Gasteiger partial charge in [0.05, 0.1) is 5.60 Å². The van der Waals surface area contributed by atoms with E-state index < -0.39 is 0 Å². The van der Waals surface area contributed by atoms with Crippen LogP contribution in [0.25, 0.3) is 0 Å². The number of rotatable bonds is 3. The van der Waals surface area contributed by atoms with Gasteiger partial charge in [-0.3, -0.25) is 4.79 Å². The van der Waals surface area contributed by atoms with Crippen molar-refractivity contribution in [2.75, 3.05) is 18.1 Å². The van der Waals surface area contributed by atoms with Crippen molar-refractivity contribution in [2.45, 2.75) is 64.4 Å². The lowest BCUT2D eigenvalue weighted by Crippen LogP contribution is -2.43. The first-order chi connectivity index (χ1) is 10.1. The molecular formula is C18H30O2S. The van der Waals surface area contributed by atoms with Gasteiger partial charge in [-0.25, -0.2) is 0 Å². The first kappa shape index (κ1) is 15.9. The van der Waals surface area contributed by atoms with Gasteiger partial charge in [0.25, 0.3) is 0 Å². The maximum atomic E-state index is 12.9. The Kier molecular flexibility index (Phi) is 5.00. The van der Waals surface area contributed by atoms with Crippen LogP contribution in [-0.2, 0) is 9.53 Å². The molecule has 21 heavy (non-hydrogen) atoms.